The van der Waals surface area contributed by atoms with Crippen molar-refractivity contribution in [2.45, 2.75) is 13.0 Å². The fourth-order valence-corrected chi connectivity index (χ4v) is 2.09. The minimum atomic E-state index is -0.387. The molecule has 1 nitrogen and oxygen atoms in total. The van der Waals surface area contributed by atoms with Crippen LogP contribution in [0.3, 0.4) is 0 Å². The molecule has 1 unspecified atom stereocenters. The summed E-state index contributed by atoms with van der Waals surface area (Å²) in [5, 5.41) is 3.34. The molecule has 0 spiro atoms. The predicted octanol–water partition coefficient (Wildman–Crippen LogP) is 4.10. The first-order valence-corrected chi connectivity index (χ1v) is 6.18. The maximum Gasteiger partial charge on any atom is 0.142 e. The lowest BCUT2D eigenvalue weighted by Crippen LogP contribution is -2.17. The van der Waals surface area contributed by atoms with Gasteiger partial charge in [0.2, 0.25) is 0 Å². The summed E-state index contributed by atoms with van der Waals surface area (Å²) in [4.78, 5) is 0. The van der Waals surface area contributed by atoms with Crippen molar-refractivity contribution in [3.63, 3.8) is 0 Å². The van der Waals surface area contributed by atoms with Gasteiger partial charge < -0.3 is 5.32 Å². The van der Waals surface area contributed by atoms with Crippen LogP contribution in [0, 0.1) is 12.7 Å². The van der Waals surface area contributed by atoms with Crippen molar-refractivity contribution in [3.05, 3.63) is 70.0 Å². The van der Waals surface area contributed by atoms with Crippen molar-refractivity contribution < 1.29 is 4.39 Å². The van der Waals surface area contributed by atoms with E-state index in [4.69, 9.17) is 11.6 Å². The van der Waals surface area contributed by atoms with Gasteiger partial charge in [-0.2, -0.15) is 0 Å². The Morgan fingerprint density at radius 1 is 1.06 bits per heavy atom. The van der Waals surface area contributed by atoms with Crippen molar-refractivity contribution in [2.24, 2.45) is 0 Å². The topological polar surface area (TPSA) is 12.0 Å². The number of rotatable bonds is 3. The van der Waals surface area contributed by atoms with Gasteiger partial charge in [0.1, 0.15) is 5.82 Å². The second-order valence-corrected chi connectivity index (χ2v) is 4.71. The minimum absolute atomic E-state index is 0.0302. The summed E-state index contributed by atoms with van der Waals surface area (Å²) in [7, 11) is 1.86. The third-order valence-corrected chi connectivity index (χ3v) is 3.28. The molecule has 2 aromatic carbocycles. The Bertz CT molecular complexity index is 537. The van der Waals surface area contributed by atoms with E-state index in [2.05, 4.69) is 5.32 Å². The van der Waals surface area contributed by atoms with E-state index in [-0.39, 0.29) is 16.9 Å². The molecule has 1 N–H and O–H groups in total. The summed E-state index contributed by atoms with van der Waals surface area (Å²) in [5.74, 6) is -0.387. The number of nitrogens with one attached hydrogen (secondary N) is 1. The third kappa shape index (κ3) is 2.71. The number of hydrogen-bond donors (Lipinski definition) is 1. The van der Waals surface area contributed by atoms with Gasteiger partial charge in [-0.25, -0.2) is 4.39 Å². The monoisotopic (exact) mass is 263 g/mol. The molecular weight excluding hydrogens is 249 g/mol. The Morgan fingerprint density at radius 2 is 1.67 bits per heavy atom. The highest BCUT2D eigenvalue weighted by Gasteiger charge is 2.13. The third-order valence-electron chi connectivity index (χ3n) is 2.98. The standard InChI is InChI=1S/C15H15ClFN/c1-10-3-5-11(6-4-10)15(18-2)12-7-8-13(16)14(17)9-12/h3-9,15,18H,1-2H3. The average molecular weight is 264 g/mol. The van der Waals surface area contributed by atoms with Gasteiger partial charge in [-0.15, -0.1) is 0 Å². The number of aryl methyl sites for hydroxylation is 1. The van der Waals surface area contributed by atoms with Crippen molar-refractivity contribution in [3.8, 4) is 0 Å². The van der Waals surface area contributed by atoms with Crippen molar-refractivity contribution >= 4 is 11.6 Å². The van der Waals surface area contributed by atoms with Gasteiger partial charge in [-0.3, -0.25) is 0 Å². The molecule has 0 heterocycles. The molecule has 0 aliphatic rings. The molecule has 0 amide bonds. The van der Waals surface area contributed by atoms with Gasteiger partial charge in [-0.05, 0) is 37.2 Å². The van der Waals surface area contributed by atoms with Crippen LogP contribution in [0.1, 0.15) is 22.7 Å². The van der Waals surface area contributed by atoms with Gasteiger partial charge >= 0.3 is 0 Å². The largest absolute Gasteiger partial charge is 0.309 e. The molecule has 3 heteroatoms. The zero-order valence-electron chi connectivity index (χ0n) is 10.4. The highest BCUT2D eigenvalue weighted by Crippen LogP contribution is 2.25. The van der Waals surface area contributed by atoms with Crippen LogP contribution in [0.25, 0.3) is 0 Å². The zero-order valence-corrected chi connectivity index (χ0v) is 11.1. The first-order valence-electron chi connectivity index (χ1n) is 5.80. The van der Waals surface area contributed by atoms with Gasteiger partial charge in [0.05, 0.1) is 11.1 Å². The molecule has 0 fully saturated rings. The van der Waals surface area contributed by atoms with Crippen molar-refractivity contribution in [1.29, 1.82) is 0 Å². The molecule has 94 valence electrons. The van der Waals surface area contributed by atoms with E-state index in [1.54, 1.807) is 6.07 Å². The molecular formula is C15H15ClFN. The van der Waals surface area contributed by atoms with E-state index < -0.39 is 0 Å². The van der Waals surface area contributed by atoms with Crippen LogP contribution in [0.5, 0.6) is 0 Å². The predicted molar refractivity (Wildman–Crippen MR) is 73.5 cm³/mol. The van der Waals surface area contributed by atoms with E-state index in [0.717, 1.165) is 11.1 Å². The molecule has 0 aliphatic heterocycles. The van der Waals surface area contributed by atoms with E-state index in [9.17, 15) is 4.39 Å². The van der Waals surface area contributed by atoms with Gasteiger partial charge in [0.15, 0.2) is 0 Å². The maximum atomic E-state index is 13.5. The molecule has 0 aliphatic carbocycles. The van der Waals surface area contributed by atoms with Gasteiger partial charge in [0.25, 0.3) is 0 Å². The Morgan fingerprint density at radius 3 is 2.22 bits per heavy atom. The molecule has 0 aromatic heterocycles. The normalized spacial score (nSPS) is 12.4. The van der Waals surface area contributed by atoms with Gasteiger partial charge in [-0.1, -0.05) is 47.5 Å². The quantitative estimate of drug-likeness (QED) is 0.879. The summed E-state index contributed by atoms with van der Waals surface area (Å²) in [6.45, 7) is 2.04. The highest BCUT2D eigenvalue weighted by molar-refractivity contribution is 6.30. The molecule has 0 saturated carbocycles. The molecule has 0 bridgehead atoms. The Balaban J connectivity index is 2.38. The SMILES string of the molecule is CNC(c1ccc(C)cc1)c1ccc(Cl)c(F)c1. The molecule has 0 radical (unpaired) electrons. The van der Waals surface area contributed by atoms with Crippen LogP contribution >= 0.6 is 11.6 Å². The Kier molecular flexibility index (Phi) is 4.00. The summed E-state index contributed by atoms with van der Waals surface area (Å²) in [6.07, 6.45) is 0. The molecule has 1 atom stereocenters. The number of halogens is 2. The van der Waals surface area contributed by atoms with Crippen molar-refractivity contribution in [1.82, 2.24) is 5.32 Å². The number of benzene rings is 2. The van der Waals surface area contributed by atoms with Crippen LogP contribution in [0.2, 0.25) is 5.02 Å². The Hall–Kier alpha value is -1.38. The first kappa shape index (κ1) is 13.1. The first-order chi connectivity index (χ1) is 8.61. The second kappa shape index (κ2) is 5.51. The molecule has 2 aromatic rings. The Labute approximate surface area is 112 Å². The lowest BCUT2D eigenvalue weighted by Gasteiger charge is -2.17. The van der Waals surface area contributed by atoms with E-state index in [1.807, 2.05) is 44.3 Å². The molecule has 18 heavy (non-hydrogen) atoms. The molecule has 0 saturated heterocycles. The maximum absolute atomic E-state index is 13.5. The second-order valence-electron chi connectivity index (χ2n) is 4.31. The highest BCUT2D eigenvalue weighted by atomic mass is 35.5. The van der Waals surface area contributed by atoms with Crippen LogP contribution in [-0.4, -0.2) is 7.05 Å². The van der Waals surface area contributed by atoms with Crippen LogP contribution in [0.15, 0.2) is 42.5 Å². The van der Waals surface area contributed by atoms with E-state index in [0.29, 0.717) is 0 Å². The summed E-state index contributed by atoms with van der Waals surface area (Å²) >= 11 is 5.70. The number of hydrogen-bond acceptors (Lipinski definition) is 1. The van der Waals surface area contributed by atoms with E-state index in [1.165, 1.54) is 11.6 Å². The lowest BCUT2D eigenvalue weighted by atomic mass is 9.98. The average Bonchev–Trinajstić information content (AvgIpc) is 2.37. The summed E-state index contributed by atoms with van der Waals surface area (Å²) in [6, 6.07) is 13.1. The van der Waals surface area contributed by atoms with Crippen LogP contribution < -0.4 is 5.32 Å². The minimum Gasteiger partial charge on any atom is -0.309 e. The zero-order chi connectivity index (χ0) is 13.1. The summed E-state index contributed by atoms with van der Waals surface area (Å²) in [5.41, 5.74) is 3.17. The smallest absolute Gasteiger partial charge is 0.142 e. The van der Waals surface area contributed by atoms with Crippen molar-refractivity contribution in [2.75, 3.05) is 7.05 Å². The van der Waals surface area contributed by atoms with Gasteiger partial charge in [0, 0.05) is 0 Å². The summed E-state index contributed by atoms with van der Waals surface area (Å²) < 4.78 is 13.5. The van der Waals surface area contributed by atoms with Crippen LogP contribution in [-0.2, 0) is 0 Å². The van der Waals surface area contributed by atoms with E-state index >= 15 is 0 Å². The fraction of sp³-hybridized carbons (Fsp3) is 0.200. The lowest BCUT2D eigenvalue weighted by molar-refractivity contribution is 0.617. The fourth-order valence-electron chi connectivity index (χ4n) is 1.98. The molecule has 2 rings (SSSR count). The van der Waals surface area contributed by atoms with Crippen LogP contribution in [0.4, 0.5) is 4.39 Å².